The average molecular weight is 963 g/mol. The van der Waals surface area contributed by atoms with Gasteiger partial charge >= 0.3 is 0 Å². The lowest BCUT2D eigenvalue weighted by Gasteiger charge is -2.43. The molecule has 5 aliphatic rings. The number of hydrogen-bond acceptors (Lipinski definition) is 4. The van der Waals surface area contributed by atoms with E-state index in [1.807, 2.05) is 13.8 Å². The number of hydrogen-bond donors (Lipinski definition) is 2. The van der Waals surface area contributed by atoms with Crippen LogP contribution in [0.5, 0.6) is 0 Å². The number of benzene rings is 4. The minimum atomic E-state index is -1.66. The van der Waals surface area contributed by atoms with Crippen LogP contribution in [0.15, 0.2) is 97.1 Å². The van der Waals surface area contributed by atoms with Crippen molar-refractivity contribution in [1.29, 1.82) is 0 Å². The minimum Gasteiger partial charge on any atom is -0.378 e. The fourth-order valence-electron chi connectivity index (χ4n) is 15.2. The third-order valence-electron chi connectivity index (χ3n) is 19.4. The first kappa shape index (κ1) is 52.6. The first-order chi connectivity index (χ1) is 34.4. The molecule has 1 aliphatic heterocycles. The summed E-state index contributed by atoms with van der Waals surface area (Å²) in [5.74, 6) is 4.40. The molecule has 0 bridgehead atoms. The Labute approximate surface area is 431 Å². The third kappa shape index (κ3) is 11.7. The summed E-state index contributed by atoms with van der Waals surface area (Å²) in [7, 11) is 0. The second-order valence-electron chi connectivity index (χ2n) is 24.5. The van der Waals surface area contributed by atoms with Gasteiger partial charge in [0.1, 0.15) is 23.4 Å². The second-order valence-corrected chi connectivity index (χ2v) is 24.5. The summed E-state index contributed by atoms with van der Waals surface area (Å²) in [5.41, 5.74) is 5.20. The molecule has 4 saturated carbocycles. The Morgan fingerprint density at radius 1 is 0.352 bits per heavy atom. The maximum atomic E-state index is 14.1. The molecule has 386 valence electrons. The first-order valence-corrected chi connectivity index (χ1v) is 29.7. The van der Waals surface area contributed by atoms with E-state index >= 15 is 0 Å². The van der Waals surface area contributed by atoms with Crippen LogP contribution >= 0.6 is 0 Å². The topological polar surface area (TPSA) is 58.9 Å². The SMILES string of the molecule is CCCC1CCC(c2ccc(C(O)(c3ccc(C4CCC(CCC)CC4)cc3)C3OC(C)(C)OC3C(O)(c3ccc(C4CCC(CCC)CC4)cc3)c3ccc(C4CCC(CCC)CC4)cc3)cc2)CC1. The van der Waals surface area contributed by atoms with E-state index in [9.17, 15) is 10.2 Å². The van der Waals surface area contributed by atoms with E-state index in [0.717, 1.165) is 45.9 Å². The van der Waals surface area contributed by atoms with E-state index in [1.54, 1.807) is 0 Å². The molecule has 5 fully saturated rings. The highest BCUT2D eigenvalue weighted by Crippen LogP contribution is 2.52. The molecule has 4 aromatic carbocycles. The van der Waals surface area contributed by atoms with Crippen LogP contribution in [0.4, 0.5) is 0 Å². The summed E-state index contributed by atoms with van der Waals surface area (Å²) in [6.45, 7) is 13.2. The van der Waals surface area contributed by atoms with E-state index in [-0.39, 0.29) is 0 Å². The van der Waals surface area contributed by atoms with E-state index in [4.69, 9.17) is 9.47 Å². The number of rotatable bonds is 18. The normalized spacial score (nSPS) is 30.9. The molecule has 4 heteroatoms. The summed E-state index contributed by atoms with van der Waals surface area (Å²) in [5, 5.41) is 28.3. The zero-order chi connectivity index (χ0) is 49.6. The highest BCUT2D eigenvalue weighted by Gasteiger charge is 2.61. The molecule has 2 N–H and O–H groups in total. The maximum absolute atomic E-state index is 14.1. The van der Waals surface area contributed by atoms with Crippen LogP contribution in [0.25, 0.3) is 0 Å². The molecular weight excluding hydrogens is 869 g/mol. The zero-order valence-corrected chi connectivity index (χ0v) is 45.2. The predicted molar refractivity (Wildman–Crippen MR) is 294 cm³/mol. The van der Waals surface area contributed by atoms with Crippen LogP contribution in [0.2, 0.25) is 0 Å². The van der Waals surface area contributed by atoms with Crippen molar-refractivity contribution in [3.8, 4) is 0 Å². The van der Waals surface area contributed by atoms with Crippen molar-refractivity contribution in [1.82, 2.24) is 0 Å². The summed E-state index contributed by atoms with van der Waals surface area (Å²) in [4.78, 5) is 0. The van der Waals surface area contributed by atoms with Crippen molar-refractivity contribution in [3.05, 3.63) is 142 Å². The molecule has 4 nitrogen and oxygen atoms in total. The Bertz CT molecular complexity index is 1910. The van der Waals surface area contributed by atoms with Crippen LogP contribution in [-0.2, 0) is 20.7 Å². The van der Waals surface area contributed by atoms with Gasteiger partial charge in [0.05, 0.1) is 0 Å². The summed E-state index contributed by atoms with van der Waals surface area (Å²) >= 11 is 0. The molecule has 4 aromatic rings. The zero-order valence-electron chi connectivity index (χ0n) is 45.2. The largest absolute Gasteiger partial charge is 0.378 e. The molecule has 4 aliphatic carbocycles. The molecule has 9 rings (SSSR count). The minimum absolute atomic E-state index is 0.531. The summed E-state index contributed by atoms with van der Waals surface area (Å²) in [6, 6.07) is 35.5. The quantitative estimate of drug-likeness (QED) is 0.104. The van der Waals surface area contributed by atoms with Gasteiger partial charge in [-0.05, 0) is 208 Å². The average Bonchev–Trinajstić information content (AvgIpc) is 3.75. The Balaban J connectivity index is 1.10. The van der Waals surface area contributed by atoms with Gasteiger partial charge < -0.3 is 19.7 Å². The van der Waals surface area contributed by atoms with Crippen molar-refractivity contribution in [2.75, 3.05) is 0 Å². The lowest BCUT2D eigenvalue weighted by molar-refractivity contribution is -0.172. The Morgan fingerprint density at radius 3 is 0.732 bits per heavy atom. The molecule has 0 spiro atoms. The highest BCUT2D eigenvalue weighted by molar-refractivity contribution is 5.46. The summed E-state index contributed by atoms with van der Waals surface area (Å²) in [6.07, 6.45) is 28.6. The maximum Gasteiger partial charge on any atom is 0.164 e. The molecule has 0 radical (unpaired) electrons. The van der Waals surface area contributed by atoms with E-state index in [2.05, 4.69) is 125 Å². The molecule has 1 heterocycles. The molecule has 2 atom stereocenters. The van der Waals surface area contributed by atoms with E-state index in [0.29, 0.717) is 23.7 Å². The van der Waals surface area contributed by atoms with Crippen LogP contribution in [0.1, 0.15) is 264 Å². The lowest BCUT2D eigenvalue weighted by Crippen LogP contribution is -2.55. The van der Waals surface area contributed by atoms with Gasteiger partial charge in [-0.1, -0.05) is 176 Å². The van der Waals surface area contributed by atoms with Crippen molar-refractivity contribution >= 4 is 0 Å². The van der Waals surface area contributed by atoms with Gasteiger partial charge in [-0.2, -0.15) is 0 Å². The van der Waals surface area contributed by atoms with Crippen molar-refractivity contribution < 1.29 is 19.7 Å². The van der Waals surface area contributed by atoms with Gasteiger partial charge in [0.2, 0.25) is 0 Å². The van der Waals surface area contributed by atoms with Crippen molar-refractivity contribution in [2.45, 2.75) is 249 Å². The molecular formula is C67H94O4. The molecule has 2 unspecified atom stereocenters. The van der Waals surface area contributed by atoms with Crippen LogP contribution in [0.3, 0.4) is 0 Å². The van der Waals surface area contributed by atoms with E-state index in [1.165, 1.54) is 176 Å². The molecule has 0 amide bonds. The van der Waals surface area contributed by atoms with Crippen molar-refractivity contribution in [3.63, 3.8) is 0 Å². The number of aliphatic hydroxyl groups is 2. The predicted octanol–water partition coefficient (Wildman–Crippen LogP) is 17.7. The summed E-state index contributed by atoms with van der Waals surface area (Å²) < 4.78 is 14.3. The van der Waals surface area contributed by atoms with Crippen molar-refractivity contribution in [2.24, 2.45) is 23.7 Å². The first-order valence-electron chi connectivity index (χ1n) is 29.7. The molecule has 71 heavy (non-hydrogen) atoms. The van der Waals surface area contributed by atoms with E-state index < -0.39 is 29.2 Å². The van der Waals surface area contributed by atoms with Gasteiger partial charge in [-0.15, -0.1) is 0 Å². The fraction of sp³-hybridized carbons (Fsp3) is 0.642. The van der Waals surface area contributed by atoms with Crippen LogP contribution in [0, 0.1) is 23.7 Å². The van der Waals surface area contributed by atoms with Crippen LogP contribution in [-0.4, -0.2) is 28.2 Å². The third-order valence-corrected chi connectivity index (χ3v) is 19.4. The Morgan fingerprint density at radius 2 is 0.549 bits per heavy atom. The van der Waals surface area contributed by atoms with Gasteiger partial charge in [-0.25, -0.2) is 0 Å². The lowest BCUT2D eigenvalue weighted by atomic mass is 9.70. The van der Waals surface area contributed by atoms with Gasteiger partial charge in [0.25, 0.3) is 0 Å². The van der Waals surface area contributed by atoms with Gasteiger partial charge in [-0.3, -0.25) is 0 Å². The standard InChI is InChI=1S/C67H94O4/c1-7-11-47-15-23-51(24-16-47)55-31-39-59(40-32-55)66(68,60-41-33-56(34-42-60)52-25-17-48(12-8-2)18-26-52)63-64(71-65(5,6)70-63)67(69,61-43-35-57(36-44-61)53-27-19-49(13-9-3)20-28-53)62-45-37-58(38-46-62)54-29-21-50(14-10-4)22-30-54/h31-54,63-64,68-69H,7-30H2,1-6H3. The smallest absolute Gasteiger partial charge is 0.164 e. The number of ether oxygens (including phenoxy) is 2. The molecule has 0 aromatic heterocycles. The molecule has 1 saturated heterocycles. The monoisotopic (exact) mass is 963 g/mol. The van der Waals surface area contributed by atoms with Gasteiger partial charge in [0, 0.05) is 0 Å². The Hall–Kier alpha value is -3.28. The fourth-order valence-corrected chi connectivity index (χ4v) is 15.2. The van der Waals surface area contributed by atoms with Crippen LogP contribution < -0.4 is 0 Å². The van der Waals surface area contributed by atoms with Gasteiger partial charge in [0.15, 0.2) is 5.79 Å². The second kappa shape index (κ2) is 23.5. The highest BCUT2D eigenvalue weighted by atomic mass is 16.8. The Kier molecular flexibility index (Phi) is 17.4.